The third-order valence-corrected chi connectivity index (χ3v) is 6.33. The van der Waals surface area contributed by atoms with Crippen LogP contribution in [-0.4, -0.2) is 67.4 Å². The fraction of sp³-hybridized carbons (Fsp3) is 0.483. The molecule has 4 atom stereocenters. The van der Waals surface area contributed by atoms with Crippen LogP contribution in [-0.2, 0) is 35.0 Å². The Kier molecular flexibility index (Phi) is 10.6. The smallest absolute Gasteiger partial charge is 0.331 e. The number of amides is 1. The standard InChI is InChI=1S/C29H36N2O9/c1-16(2)28(34)40-25-18(4)38-29(35)22(15-37-14-21(25)13-20-9-7-17(3)8-10-20)31-27(33)24-26(39-19(5)32)23(36-6)11-12-30-24/h7-12,16,18,21-22,25H,13-15H2,1-6H3,(H,31,33)/t18-,21-,22-,25-/m0/s1. The molecule has 0 unspecified atom stereocenters. The highest BCUT2D eigenvalue weighted by atomic mass is 16.6. The van der Waals surface area contributed by atoms with Crippen molar-refractivity contribution in [2.24, 2.45) is 11.8 Å². The van der Waals surface area contributed by atoms with Crippen molar-refractivity contribution in [1.82, 2.24) is 10.3 Å². The Morgan fingerprint density at radius 3 is 2.45 bits per heavy atom. The van der Waals surface area contributed by atoms with Gasteiger partial charge in [0.1, 0.15) is 12.2 Å². The van der Waals surface area contributed by atoms with E-state index in [-0.39, 0.29) is 42.2 Å². The van der Waals surface area contributed by atoms with Crippen molar-refractivity contribution in [3.63, 3.8) is 0 Å². The van der Waals surface area contributed by atoms with E-state index in [2.05, 4.69) is 10.3 Å². The van der Waals surface area contributed by atoms with Gasteiger partial charge in [-0.25, -0.2) is 9.78 Å². The fourth-order valence-corrected chi connectivity index (χ4v) is 4.20. The molecule has 0 aliphatic carbocycles. The van der Waals surface area contributed by atoms with E-state index in [0.717, 1.165) is 11.1 Å². The van der Waals surface area contributed by atoms with Crippen LogP contribution in [0.4, 0.5) is 0 Å². The molecular formula is C29H36N2O9. The minimum absolute atomic E-state index is 0.117. The number of nitrogens with one attached hydrogen (secondary N) is 1. The second kappa shape index (κ2) is 13.9. The van der Waals surface area contributed by atoms with Gasteiger partial charge in [-0.15, -0.1) is 0 Å². The summed E-state index contributed by atoms with van der Waals surface area (Å²) in [7, 11) is 1.35. The van der Waals surface area contributed by atoms with E-state index in [4.69, 9.17) is 23.7 Å². The van der Waals surface area contributed by atoms with Crippen LogP contribution in [0.25, 0.3) is 0 Å². The second-order valence-electron chi connectivity index (χ2n) is 10.00. The summed E-state index contributed by atoms with van der Waals surface area (Å²) in [6, 6.07) is 8.18. The average Bonchev–Trinajstić information content (AvgIpc) is 2.95. The first-order valence-electron chi connectivity index (χ1n) is 13.1. The third kappa shape index (κ3) is 8.01. The molecule has 40 heavy (non-hydrogen) atoms. The highest BCUT2D eigenvalue weighted by Crippen LogP contribution is 2.30. The van der Waals surface area contributed by atoms with Crippen LogP contribution in [0, 0.1) is 18.8 Å². The van der Waals surface area contributed by atoms with Crippen LogP contribution in [0.2, 0.25) is 0 Å². The van der Waals surface area contributed by atoms with E-state index in [1.54, 1.807) is 20.8 Å². The summed E-state index contributed by atoms with van der Waals surface area (Å²) in [6.07, 6.45) is 0.197. The number of hydrogen-bond donors (Lipinski definition) is 1. The number of aromatic nitrogens is 1. The highest BCUT2D eigenvalue weighted by molar-refractivity contribution is 5.98. The normalized spacial score (nSPS) is 21.3. The van der Waals surface area contributed by atoms with Crippen molar-refractivity contribution in [2.75, 3.05) is 20.3 Å². The van der Waals surface area contributed by atoms with Crippen LogP contribution >= 0.6 is 0 Å². The van der Waals surface area contributed by atoms with Gasteiger partial charge in [-0.3, -0.25) is 14.4 Å². The van der Waals surface area contributed by atoms with Gasteiger partial charge in [0, 0.05) is 25.1 Å². The van der Waals surface area contributed by atoms with E-state index >= 15 is 0 Å². The van der Waals surface area contributed by atoms with Crippen molar-refractivity contribution in [1.29, 1.82) is 0 Å². The quantitative estimate of drug-likeness (QED) is 0.483. The van der Waals surface area contributed by atoms with Gasteiger partial charge >= 0.3 is 17.9 Å². The molecule has 2 heterocycles. The van der Waals surface area contributed by atoms with Gasteiger partial charge in [-0.2, -0.15) is 0 Å². The maximum atomic E-state index is 13.2. The summed E-state index contributed by atoms with van der Waals surface area (Å²) in [5.74, 6) is -3.46. The fourth-order valence-electron chi connectivity index (χ4n) is 4.20. The molecule has 1 aliphatic rings. The second-order valence-corrected chi connectivity index (χ2v) is 10.00. The summed E-state index contributed by atoms with van der Waals surface area (Å²) in [6.45, 7) is 8.18. The number of ether oxygens (including phenoxy) is 5. The summed E-state index contributed by atoms with van der Waals surface area (Å²) < 4.78 is 27.8. The molecule has 1 aliphatic heterocycles. The zero-order valence-corrected chi connectivity index (χ0v) is 23.6. The lowest BCUT2D eigenvalue weighted by Crippen LogP contribution is -2.47. The van der Waals surface area contributed by atoms with Crippen LogP contribution in [0.15, 0.2) is 36.5 Å². The van der Waals surface area contributed by atoms with Crippen molar-refractivity contribution < 1.29 is 42.9 Å². The van der Waals surface area contributed by atoms with Gasteiger partial charge in [-0.05, 0) is 25.8 Å². The Hall–Kier alpha value is -3.99. The Bertz CT molecular complexity index is 1210. The van der Waals surface area contributed by atoms with E-state index in [1.165, 1.54) is 26.3 Å². The van der Waals surface area contributed by atoms with Crippen molar-refractivity contribution >= 4 is 23.8 Å². The molecule has 3 rings (SSSR count). The molecule has 216 valence electrons. The Labute approximate surface area is 233 Å². The van der Waals surface area contributed by atoms with Gasteiger partial charge < -0.3 is 29.0 Å². The minimum Gasteiger partial charge on any atom is -0.493 e. The van der Waals surface area contributed by atoms with Crippen molar-refractivity contribution in [2.45, 2.75) is 59.3 Å². The predicted molar refractivity (Wildman–Crippen MR) is 143 cm³/mol. The highest BCUT2D eigenvalue weighted by Gasteiger charge is 2.38. The predicted octanol–water partition coefficient (Wildman–Crippen LogP) is 2.81. The monoisotopic (exact) mass is 556 g/mol. The zero-order valence-electron chi connectivity index (χ0n) is 23.6. The number of aryl methyl sites for hydroxylation is 1. The zero-order chi connectivity index (χ0) is 29.4. The number of carbonyl (C=O) groups excluding carboxylic acids is 4. The molecule has 1 aromatic heterocycles. The first-order valence-corrected chi connectivity index (χ1v) is 13.1. The van der Waals surface area contributed by atoms with Crippen LogP contribution < -0.4 is 14.8 Å². The number of carbonyl (C=O) groups is 4. The molecule has 0 bridgehead atoms. The van der Waals surface area contributed by atoms with E-state index in [9.17, 15) is 19.2 Å². The Balaban J connectivity index is 1.85. The van der Waals surface area contributed by atoms with E-state index in [1.807, 2.05) is 31.2 Å². The number of benzene rings is 1. The number of rotatable bonds is 8. The number of cyclic esters (lactones) is 1. The summed E-state index contributed by atoms with van der Waals surface area (Å²) in [4.78, 5) is 54.5. The summed E-state index contributed by atoms with van der Waals surface area (Å²) in [5.41, 5.74) is 1.87. The Morgan fingerprint density at radius 1 is 1.12 bits per heavy atom. The van der Waals surface area contributed by atoms with Crippen LogP contribution in [0.5, 0.6) is 11.5 Å². The van der Waals surface area contributed by atoms with Crippen LogP contribution in [0.1, 0.15) is 49.3 Å². The van der Waals surface area contributed by atoms with Gasteiger partial charge in [0.15, 0.2) is 17.5 Å². The number of esters is 3. The molecule has 11 nitrogen and oxygen atoms in total. The van der Waals surface area contributed by atoms with Crippen LogP contribution in [0.3, 0.4) is 0 Å². The van der Waals surface area contributed by atoms with Gasteiger partial charge in [0.25, 0.3) is 5.91 Å². The molecule has 1 aromatic carbocycles. The van der Waals surface area contributed by atoms with Crippen molar-refractivity contribution in [3.05, 3.63) is 53.3 Å². The van der Waals surface area contributed by atoms with Gasteiger partial charge in [-0.1, -0.05) is 43.7 Å². The molecule has 0 spiro atoms. The first kappa shape index (κ1) is 30.6. The molecular weight excluding hydrogens is 520 g/mol. The van der Waals surface area contributed by atoms with Gasteiger partial charge in [0.05, 0.1) is 26.2 Å². The SMILES string of the molecule is COc1ccnc(C(=O)N[C@H]2COC[C@H](Cc3ccc(C)cc3)[C@@H](OC(=O)C(C)C)[C@H](C)OC2=O)c1OC(C)=O. The number of nitrogens with zero attached hydrogens (tertiary/aromatic N) is 1. The first-order chi connectivity index (χ1) is 19.0. The molecule has 1 amide bonds. The largest absolute Gasteiger partial charge is 0.493 e. The van der Waals surface area contributed by atoms with Crippen molar-refractivity contribution in [3.8, 4) is 11.5 Å². The lowest BCUT2D eigenvalue weighted by Gasteiger charge is -2.31. The molecule has 0 radical (unpaired) electrons. The number of methoxy groups -OCH3 is 1. The van der Waals surface area contributed by atoms with Gasteiger partial charge in [0.2, 0.25) is 5.75 Å². The third-order valence-electron chi connectivity index (χ3n) is 6.33. The molecule has 0 saturated carbocycles. The summed E-state index contributed by atoms with van der Waals surface area (Å²) in [5, 5.41) is 2.56. The van der Waals surface area contributed by atoms with E-state index in [0.29, 0.717) is 6.42 Å². The lowest BCUT2D eigenvalue weighted by atomic mass is 9.91. The summed E-state index contributed by atoms with van der Waals surface area (Å²) >= 11 is 0. The molecule has 11 heteroatoms. The molecule has 2 aromatic rings. The maximum absolute atomic E-state index is 13.2. The Morgan fingerprint density at radius 2 is 1.82 bits per heavy atom. The average molecular weight is 557 g/mol. The lowest BCUT2D eigenvalue weighted by molar-refractivity contribution is -0.173. The number of pyridine rings is 1. The molecule has 1 saturated heterocycles. The maximum Gasteiger partial charge on any atom is 0.331 e. The number of hydrogen-bond acceptors (Lipinski definition) is 10. The topological polar surface area (TPSA) is 139 Å². The molecule has 1 N–H and O–H groups in total. The molecule has 1 fully saturated rings. The van der Waals surface area contributed by atoms with E-state index < -0.39 is 42.1 Å². The minimum atomic E-state index is -1.22.